The van der Waals surface area contributed by atoms with Gasteiger partial charge in [-0.25, -0.2) is 4.79 Å². The number of carbonyl (C=O) groups excluding carboxylic acids is 1. The fourth-order valence-corrected chi connectivity index (χ4v) is 3.59. The van der Waals surface area contributed by atoms with Gasteiger partial charge >= 0.3 is 12.3 Å². The molecule has 2 saturated heterocycles. The Morgan fingerprint density at radius 3 is 2.63 bits per heavy atom. The highest BCUT2D eigenvalue weighted by atomic mass is 19.4. The van der Waals surface area contributed by atoms with Crippen molar-refractivity contribution in [3.05, 3.63) is 18.2 Å². The van der Waals surface area contributed by atoms with E-state index in [-0.39, 0.29) is 30.6 Å². The van der Waals surface area contributed by atoms with Crippen LogP contribution < -0.4 is 21.3 Å². The minimum Gasteiger partial charge on any atom is -0.444 e. The largest absolute Gasteiger partial charge is 0.444 e. The molecule has 2 atom stereocenters. The third-order valence-corrected chi connectivity index (χ3v) is 4.89. The lowest BCUT2D eigenvalue weighted by atomic mass is 10.1. The molecule has 0 spiro atoms. The Labute approximate surface area is 173 Å². The molecule has 11 heteroatoms. The van der Waals surface area contributed by atoms with Crippen LogP contribution in [0.1, 0.15) is 20.8 Å². The Morgan fingerprint density at radius 1 is 1.30 bits per heavy atom. The molecule has 1 aromatic rings. The van der Waals surface area contributed by atoms with Crippen molar-refractivity contribution in [3.8, 4) is 0 Å². The van der Waals surface area contributed by atoms with Gasteiger partial charge in [-0.15, -0.1) is 0 Å². The highest BCUT2D eigenvalue weighted by molar-refractivity contribution is 5.91. The van der Waals surface area contributed by atoms with Crippen molar-refractivity contribution in [2.45, 2.75) is 44.8 Å². The molecule has 0 aromatic heterocycles. The average molecular weight is 431 g/mol. The summed E-state index contributed by atoms with van der Waals surface area (Å²) in [5.74, 6) is 0. The summed E-state index contributed by atoms with van der Waals surface area (Å²) in [6.07, 6.45) is -5.48. The molecule has 0 radical (unpaired) electrons. The molecule has 3 rings (SSSR count). The Balaban J connectivity index is 1.86. The maximum Gasteiger partial charge on any atom is 0.412 e. The van der Waals surface area contributed by atoms with Gasteiger partial charge in [-0.1, -0.05) is 0 Å². The number of halogens is 3. The number of nitrogen functional groups attached to an aromatic ring is 1. The molecule has 0 saturated carbocycles. The van der Waals surface area contributed by atoms with Crippen LogP contribution in [0.25, 0.3) is 0 Å². The van der Waals surface area contributed by atoms with Crippen molar-refractivity contribution in [1.29, 1.82) is 0 Å². The first-order valence-corrected chi connectivity index (χ1v) is 9.72. The average Bonchev–Trinajstić information content (AvgIpc) is 3.13. The normalized spacial score (nSPS) is 23.5. The van der Waals surface area contributed by atoms with Crippen LogP contribution in [0.2, 0.25) is 0 Å². The van der Waals surface area contributed by atoms with Crippen LogP contribution in [-0.4, -0.2) is 68.0 Å². The number of hydrogen-bond donors (Lipinski definition) is 3. The van der Waals surface area contributed by atoms with E-state index in [4.69, 9.17) is 15.2 Å². The lowest BCUT2D eigenvalue weighted by molar-refractivity contribution is -0.158. The van der Waals surface area contributed by atoms with Crippen LogP contribution in [0.3, 0.4) is 0 Å². The van der Waals surface area contributed by atoms with Gasteiger partial charge in [-0.05, 0) is 39.0 Å². The number of alkyl halides is 3. The number of benzene rings is 1. The third kappa shape index (κ3) is 5.46. The van der Waals surface area contributed by atoms with Gasteiger partial charge in [-0.2, -0.15) is 13.2 Å². The minimum absolute atomic E-state index is 0.120. The maximum absolute atomic E-state index is 14.0. The SMILES string of the molecule is CC(C)(C)OC(=O)Nc1cc(N)ccc1N1CCN(C2COCN2)CC1C(F)(F)F. The summed E-state index contributed by atoms with van der Waals surface area (Å²) in [4.78, 5) is 15.2. The summed E-state index contributed by atoms with van der Waals surface area (Å²) in [6, 6.07) is 2.69. The second kappa shape index (κ2) is 8.48. The minimum atomic E-state index is -4.47. The Morgan fingerprint density at radius 2 is 2.03 bits per heavy atom. The van der Waals surface area contributed by atoms with E-state index >= 15 is 0 Å². The second-order valence-corrected chi connectivity index (χ2v) is 8.38. The molecule has 8 nitrogen and oxygen atoms in total. The molecule has 0 bridgehead atoms. The first-order chi connectivity index (χ1) is 13.9. The standard InChI is InChI=1S/C19H28F3N5O3/c1-18(2,3)30-17(28)25-13-8-12(23)4-5-14(13)27-7-6-26(16-10-29-11-24-16)9-15(27)19(20,21)22/h4-5,8,15-16,24H,6-7,9-11,23H2,1-3H3,(H,25,28). The van der Waals surface area contributed by atoms with E-state index in [1.54, 1.807) is 25.7 Å². The molecule has 168 valence electrons. The van der Waals surface area contributed by atoms with E-state index in [9.17, 15) is 18.0 Å². The van der Waals surface area contributed by atoms with Gasteiger partial charge in [0.1, 0.15) is 11.6 Å². The van der Waals surface area contributed by atoms with E-state index in [0.717, 1.165) is 0 Å². The molecule has 1 amide bonds. The van der Waals surface area contributed by atoms with Crippen LogP contribution in [0, 0.1) is 0 Å². The number of piperazine rings is 1. The molecule has 4 N–H and O–H groups in total. The summed E-state index contributed by atoms with van der Waals surface area (Å²) < 4.78 is 52.4. The molecule has 2 aliphatic heterocycles. The van der Waals surface area contributed by atoms with Crippen molar-refractivity contribution >= 4 is 23.2 Å². The molecule has 2 unspecified atom stereocenters. The zero-order chi connectivity index (χ0) is 22.1. The van der Waals surface area contributed by atoms with E-state index < -0.39 is 23.9 Å². The van der Waals surface area contributed by atoms with Crippen LogP contribution in [-0.2, 0) is 9.47 Å². The highest BCUT2D eigenvalue weighted by Gasteiger charge is 2.48. The summed E-state index contributed by atoms with van der Waals surface area (Å²) >= 11 is 0. The number of carbonyl (C=O) groups is 1. The molecule has 30 heavy (non-hydrogen) atoms. The monoisotopic (exact) mass is 431 g/mol. The third-order valence-electron chi connectivity index (χ3n) is 4.89. The summed E-state index contributed by atoms with van der Waals surface area (Å²) in [5, 5.41) is 5.59. The number of hydrogen-bond acceptors (Lipinski definition) is 7. The van der Waals surface area contributed by atoms with Crippen LogP contribution >= 0.6 is 0 Å². The van der Waals surface area contributed by atoms with E-state index in [0.29, 0.717) is 25.6 Å². The van der Waals surface area contributed by atoms with Gasteiger partial charge < -0.3 is 20.1 Å². The Hall–Kier alpha value is -2.24. The summed E-state index contributed by atoms with van der Waals surface area (Å²) in [5.41, 5.74) is 5.81. The number of nitrogens with one attached hydrogen (secondary N) is 2. The molecule has 1 aromatic carbocycles. The summed E-state index contributed by atoms with van der Waals surface area (Å²) in [7, 11) is 0. The van der Waals surface area contributed by atoms with Crippen molar-refractivity contribution in [2.75, 3.05) is 48.9 Å². The molecular formula is C19H28F3N5O3. The van der Waals surface area contributed by atoms with Gasteiger partial charge in [0.15, 0.2) is 0 Å². The second-order valence-electron chi connectivity index (χ2n) is 8.38. The predicted molar refractivity (Wildman–Crippen MR) is 107 cm³/mol. The van der Waals surface area contributed by atoms with E-state index in [2.05, 4.69) is 10.6 Å². The van der Waals surface area contributed by atoms with E-state index in [1.165, 1.54) is 23.1 Å². The summed E-state index contributed by atoms with van der Waals surface area (Å²) in [6.45, 7) is 6.08. The van der Waals surface area contributed by atoms with Crippen LogP contribution in [0.15, 0.2) is 18.2 Å². The number of anilines is 3. The van der Waals surface area contributed by atoms with Gasteiger partial charge in [0.05, 0.1) is 30.9 Å². The first kappa shape index (κ1) is 22.4. The van der Waals surface area contributed by atoms with Crippen molar-refractivity contribution in [1.82, 2.24) is 10.2 Å². The fourth-order valence-electron chi connectivity index (χ4n) is 3.59. The Bertz CT molecular complexity index is 763. The molecule has 2 aliphatic rings. The van der Waals surface area contributed by atoms with Crippen molar-refractivity contribution < 1.29 is 27.4 Å². The van der Waals surface area contributed by atoms with Gasteiger partial charge in [0, 0.05) is 25.3 Å². The van der Waals surface area contributed by atoms with E-state index in [1.807, 2.05) is 0 Å². The van der Waals surface area contributed by atoms with Crippen LogP contribution in [0.4, 0.5) is 35.0 Å². The first-order valence-electron chi connectivity index (χ1n) is 9.72. The topological polar surface area (TPSA) is 92.1 Å². The number of amides is 1. The highest BCUT2D eigenvalue weighted by Crippen LogP contribution is 2.37. The molecule has 2 heterocycles. The lowest BCUT2D eigenvalue weighted by Gasteiger charge is -2.45. The van der Waals surface area contributed by atoms with Crippen LogP contribution in [0.5, 0.6) is 0 Å². The quantitative estimate of drug-likeness (QED) is 0.634. The molecule has 2 fully saturated rings. The zero-order valence-electron chi connectivity index (χ0n) is 17.3. The maximum atomic E-state index is 14.0. The number of rotatable bonds is 3. The number of ether oxygens (including phenoxy) is 2. The van der Waals surface area contributed by atoms with Gasteiger partial charge in [0.25, 0.3) is 0 Å². The zero-order valence-corrected chi connectivity index (χ0v) is 17.3. The fraction of sp³-hybridized carbons (Fsp3) is 0.632. The van der Waals surface area contributed by atoms with Gasteiger partial charge in [-0.3, -0.25) is 15.5 Å². The smallest absolute Gasteiger partial charge is 0.412 e. The molecule has 0 aliphatic carbocycles. The number of nitrogens with two attached hydrogens (primary N) is 1. The number of nitrogens with zero attached hydrogens (tertiary/aromatic N) is 2. The molecular weight excluding hydrogens is 403 g/mol. The Kier molecular flexibility index (Phi) is 6.34. The van der Waals surface area contributed by atoms with Crippen molar-refractivity contribution in [3.63, 3.8) is 0 Å². The predicted octanol–water partition coefficient (Wildman–Crippen LogP) is 2.57. The van der Waals surface area contributed by atoms with Gasteiger partial charge in [0.2, 0.25) is 0 Å². The lowest BCUT2D eigenvalue weighted by Crippen LogP contribution is -2.63. The van der Waals surface area contributed by atoms with Crippen molar-refractivity contribution in [2.24, 2.45) is 0 Å².